The second kappa shape index (κ2) is 6.82. The predicted molar refractivity (Wildman–Crippen MR) is 92.9 cm³/mol. The van der Waals surface area contributed by atoms with E-state index < -0.39 is 15.1 Å². The molecule has 24 heavy (non-hydrogen) atoms. The highest BCUT2D eigenvalue weighted by atomic mass is 32.2. The SMILES string of the molecule is CC(C)CS(=O)(=O)C1CN(C(=O)C2CC(c3ccccc3)NN2)C1. The van der Waals surface area contributed by atoms with Crippen LogP contribution in [0.3, 0.4) is 0 Å². The summed E-state index contributed by atoms with van der Waals surface area (Å²) in [5, 5.41) is -0.400. The topological polar surface area (TPSA) is 78.5 Å². The molecule has 2 heterocycles. The van der Waals surface area contributed by atoms with Crippen molar-refractivity contribution in [2.45, 2.75) is 37.6 Å². The predicted octanol–water partition coefficient (Wildman–Crippen LogP) is 0.876. The van der Waals surface area contributed by atoms with Gasteiger partial charge in [-0.2, -0.15) is 0 Å². The first kappa shape index (κ1) is 17.4. The molecule has 7 heteroatoms. The van der Waals surface area contributed by atoms with Crippen molar-refractivity contribution in [3.63, 3.8) is 0 Å². The van der Waals surface area contributed by atoms with Crippen molar-refractivity contribution in [2.24, 2.45) is 5.92 Å². The molecule has 0 saturated carbocycles. The molecule has 0 aliphatic carbocycles. The third-order valence-corrected chi connectivity index (χ3v) is 7.08. The Labute approximate surface area is 143 Å². The van der Waals surface area contributed by atoms with E-state index in [-0.39, 0.29) is 29.7 Å². The summed E-state index contributed by atoms with van der Waals surface area (Å²) in [4.78, 5) is 14.2. The number of nitrogens with one attached hydrogen (secondary N) is 2. The van der Waals surface area contributed by atoms with Crippen molar-refractivity contribution in [1.82, 2.24) is 15.8 Å². The Balaban J connectivity index is 1.53. The number of benzene rings is 1. The first-order valence-corrected chi connectivity index (χ1v) is 10.1. The van der Waals surface area contributed by atoms with Gasteiger partial charge in [-0.3, -0.25) is 4.79 Å². The summed E-state index contributed by atoms with van der Waals surface area (Å²) in [6, 6.07) is 9.78. The average molecular weight is 351 g/mol. The van der Waals surface area contributed by atoms with Gasteiger partial charge in [0.1, 0.15) is 6.04 Å². The van der Waals surface area contributed by atoms with Crippen molar-refractivity contribution in [3.8, 4) is 0 Å². The van der Waals surface area contributed by atoms with Gasteiger partial charge in [0.25, 0.3) is 0 Å². The lowest BCUT2D eigenvalue weighted by Crippen LogP contribution is -2.61. The number of carbonyl (C=O) groups is 1. The zero-order valence-electron chi connectivity index (χ0n) is 14.1. The van der Waals surface area contributed by atoms with Gasteiger partial charge in [-0.25, -0.2) is 19.3 Å². The zero-order chi connectivity index (χ0) is 17.3. The van der Waals surface area contributed by atoms with E-state index in [4.69, 9.17) is 0 Å². The third kappa shape index (κ3) is 3.63. The maximum absolute atomic E-state index is 12.5. The molecule has 2 unspecified atom stereocenters. The molecular formula is C17H25N3O3S. The minimum Gasteiger partial charge on any atom is -0.339 e. The van der Waals surface area contributed by atoms with Crippen LogP contribution in [-0.4, -0.2) is 49.4 Å². The molecule has 1 amide bonds. The van der Waals surface area contributed by atoms with Crippen molar-refractivity contribution in [2.75, 3.05) is 18.8 Å². The van der Waals surface area contributed by atoms with E-state index in [1.54, 1.807) is 4.90 Å². The van der Waals surface area contributed by atoms with E-state index >= 15 is 0 Å². The van der Waals surface area contributed by atoms with E-state index in [0.717, 1.165) is 5.56 Å². The lowest BCUT2D eigenvalue weighted by Gasteiger charge is -2.40. The number of hydrogen-bond acceptors (Lipinski definition) is 5. The Morgan fingerprint density at radius 3 is 2.50 bits per heavy atom. The molecule has 2 atom stereocenters. The van der Waals surface area contributed by atoms with Crippen LogP contribution < -0.4 is 10.9 Å². The molecule has 0 spiro atoms. The van der Waals surface area contributed by atoms with Gasteiger partial charge in [-0.05, 0) is 17.9 Å². The van der Waals surface area contributed by atoms with Crippen LogP contribution in [0.5, 0.6) is 0 Å². The molecule has 2 fully saturated rings. The van der Waals surface area contributed by atoms with Gasteiger partial charge in [0.2, 0.25) is 5.91 Å². The second-order valence-electron chi connectivity index (χ2n) is 7.13. The van der Waals surface area contributed by atoms with Gasteiger partial charge >= 0.3 is 0 Å². The molecule has 2 N–H and O–H groups in total. The molecule has 2 saturated heterocycles. The van der Waals surface area contributed by atoms with E-state index in [0.29, 0.717) is 19.5 Å². The van der Waals surface area contributed by atoms with Crippen LogP contribution in [0.15, 0.2) is 30.3 Å². The molecule has 132 valence electrons. The van der Waals surface area contributed by atoms with Crippen molar-refractivity contribution >= 4 is 15.7 Å². The fourth-order valence-corrected chi connectivity index (χ4v) is 5.30. The van der Waals surface area contributed by atoms with Gasteiger partial charge in [-0.15, -0.1) is 0 Å². The number of hydrogen-bond donors (Lipinski definition) is 2. The smallest absolute Gasteiger partial charge is 0.241 e. The highest BCUT2D eigenvalue weighted by molar-refractivity contribution is 7.92. The quantitative estimate of drug-likeness (QED) is 0.823. The highest BCUT2D eigenvalue weighted by Gasteiger charge is 2.43. The van der Waals surface area contributed by atoms with Crippen LogP contribution in [0.4, 0.5) is 0 Å². The Morgan fingerprint density at radius 2 is 1.88 bits per heavy atom. The minimum absolute atomic E-state index is 0.0167. The van der Waals surface area contributed by atoms with Gasteiger partial charge in [0.05, 0.1) is 11.0 Å². The van der Waals surface area contributed by atoms with Crippen molar-refractivity contribution in [1.29, 1.82) is 0 Å². The molecule has 1 aromatic rings. The maximum Gasteiger partial charge on any atom is 0.241 e. The number of likely N-dealkylation sites (tertiary alicyclic amines) is 1. The average Bonchev–Trinajstić information content (AvgIpc) is 2.94. The molecule has 0 aromatic heterocycles. The van der Waals surface area contributed by atoms with Crippen LogP contribution in [0, 0.1) is 5.92 Å². The molecule has 3 rings (SSSR count). The third-order valence-electron chi connectivity index (χ3n) is 4.64. The number of hydrazine groups is 1. The summed E-state index contributed by atoms with van der Waals surface area (Å²) < 4.78 is 24.4. The summed E-state index contributed by atoms with van der Waals surface area (Å²) in [7, 11) is -3.10. The van der Waals surface area contributed by atoms with Crippen LogP contribution in [0.2, 0.25) is 0 Å². The molecule has 1 aromatic carbocycles. The van der Waals surface area contributed by atoms with E-state index in [9.17, 15) is 13.2 Å². The van der Waals surface area contributed by atoms with Crippen LogP contribution >= 0.6 is 0 Å². The van der Waals surface area contributed by atoms with E-state index in [1.165, 1.54) is 0 Å². The van der Waals surface area contributed by atoms with Gasteiger partial charge < -0.3 is 4.90 Å². The Kier molecular flexibility index (Phi) is 4.94. The van der Waals surface area contributed by atoms with Crippen LogP contribution in [0.25, 0.3) is 0 Å². The maximum atomic E-state index is 12.5. The highest BCUT2D eigenvalue weighted by Crippen LogP contribution is 2.25. The van der Waals surface area contributed by atoms with Gasteiger partial charge in [0, 0.05) is 19.1 Å². The minimum atomic E-state index is -3.10. The van der Waals surface area contributed by atoms with Gasteiger partial charge in [0.15, 0.2) is 9.84 Å². The fourth-order valence-electron chi connectivity index (χ4n) is 3.29. The summed E-state index contributed by atoms with van der Waals surface area (Å²) in [5.74, 6) is 0.294. The Hall–Kier alpha value is -1.44. The first-order chi connectivity index (χ1) is 11.4. The number of sulfone groups is 1. The van der Waals surface area contributed by atoms with Gasteiger partial charge in [-0.1, -0.05) is 44.2 Å². The first-order valence-electron chi connectivity index (χ1n) is 8.43. The number of rotatable bonds is 5. The number of amides is 1. The van der Waals surface area contributed by atoms with Crippen LogP contribution in [0.1, 0.15) is 31.9 Å². The lowest BCUT2D eigenvalue weighted by molar-refractivity contribution is -0.136. The molecule has 2 aliphatic heterocycles. The molecule has 0 radical (unpaired) electrons. The standard InChI is InChI=1S/C17H25N3O3S/c1-12(2)11-24(22,23)14-9-20(10-14)17(21)16-8-15(18-19-16)13-6-4-3-5-7-13/h3-7,12,14-16,18-19H,8-11H2,1-2H3. The summed E-state index contributed by atoms with van der Waals surface area (Å²) in [6.07, 6.45) is 0.669. The number of nitrogens with zero attached hydrogens (tertiary/aromatic N) is 1. The fraction of sp³-hybridized carbons (Fsp3) is 0.588. The molecule has 0 bridgehead atoms. The van der Waals surface area contributed by atoms with E-state index in [1.807, 2.05) is 44.2 Å². The van der Waals surface area contributed by atoms with Crippen LogP contribution in [-0.2, 0) is 14.6 Å². The summed E-state index contributed by atoms with van der Waals surface area (Å²) >= 11 is 0. The zero-order valence-corrected chi connectivity index (χ0v) is 14.9. The Bertz CT molecular complexity index is 684. The Morgan fingerprint density at radius 1 is 1.21 bits per heavy atom. The molecule has 2 aliphatic rings. The number of carbonyl (C=O) groups excluding carboxylic acids is 1. The molecule has 6 nitrogen and oxygen atoms in total. The normalized spacial score (nSPS) is 25.0. The van der Waals surface area contributed by atoms with Crippen molar-refractivity contribution in [3.05, 3.63) is 35.9 Å². The van der Waals surface area contributed by atoms with E-state index in [2.05, 4.69) is 10.9 Å². The van der Waals surface area contributed by atoms with Crippen molar-refractivity contribution < 1.29 is 13.2 Å². The summed E-state index contributed by atoms with van der Waals surface area (Å²) in [5.41, 5.74) is 7.35. The largest absolute Gasteiger partial charge is 0.339 e. The second-order valence-corrected chi connectivity index (χ2v) is 9.45. The lowest BCUT2D eigenvalue weighted by atomic mass is 10.0. The molecular weight excluding hydrogens is 326 g/mol. The monoisotopic (exact) mass is 351 g/mol. The summed E-state index contributed by atoms with van der Waals surface area (Å²) in [6.45, 7) is 4.44.